The van der Waals surface area contributed by atoms with Crippen LogP contribution in [0.15, 0.2) is 54.2 Å². The Bertz CT molecular complexity index is 979. The third-order valence-corrected chi connectivity index (χ3v) is 5.12. The summed E-state index contributed by atoms with van der Waals surface area (Å²) >= 11 is 6.09. The number of carbonyl (C=O) groups is 1. The molecule has 8 heteroatoms. The van der Waals surface area contributed by atoms with Gasteiger partial charge in [-0.15, -0.1) is 0 Å². The number of carbonyl (C=O) groups excluding carboxylic acids is 1. The Morgan fingerprint density at radius 3 is 2.43 bits per heavy atom. The van der Waals surface area contributed by atoms with E-state index in [4.69, 9.17) is 21.1 Å². The SMILES string of the molecule is COc1ccc(NC(=O)/C(C#N)=C\N2CCN(c3ccccc3OC)CC2)cc1Cl. The molecule has 0 spiro atoms. The highest BCUT2D eigenvalue weighted by molar-refractivity contribution is 6.32. The average molecular weight is 427 g/mol. The predicted molar refractivity (Wildman–Crippen MR) is 117 cm³/mol. The van der Waals surface area contributed by atoms with E-state index in [9.17, 15) is 10.1 Å². The number of anilines is 2. The summed E-state index contributed by atoms with van der Waals surface area (Å²) in [5.74, 6) is 0.862. The smallest absolute Gasteiger partial charge is 0.267 e. The van der Waals surface area contributed by atoms with Gasteiger partial charge in [-0.1, -0.05) is 23.7 Å². The Balaban J connectivity index is 1.63. The van der Waals surface area contributed by atoms with Crippen molar-refractivity contribution in [2.45, 2.75) is 0 Å². The molecule has 7 nitrogen and oxygen atoms in total. The number of para-hydroxylation sites is 2. The first-order chi connectivity index (χ1) is 14.5. The summed E-state index contributed by atoms with van der Waals surface area (Å²) < 4.78 is 10.5. The topological polar surface area (TPSA) is 77.8 Å². The first kappa shape index (κ1) is 21.3. The predicted octanol–water partition coefficient (Wildman–Crippen LogP) is 3.53. The number of benzene rings is 2. The molecule has 156 valence electrons. The number of hydrogen-bond acceptors (Lipinski definition) is 6. The molecule has 0 atom stereocenters. The molecule has 30 heavy (non-hydrogen) atoms. The summed E-state index contributed by atoms with van der Waals surface area (Å²) in [6, 6.07) is 14.8. The quantitative estimate of drug-likeness (QED) is 0.562. The molecule has 1 aliphatic rings. The second-order valence-electron chi connectivity index (χ2n) is 6.65. The lowest BCUT2D eigenvalue weighted by molar-refractivity contribution is -0.112. The maximum Gasteiger partial charge on any atom is 0.267 e. The van der Waals surface area contributed by atoms with Gasteiger partial charge >= 0.3 is 0 Å². The first-order valence-corrected chi connectivity index (χ1v) is 9.82. The van der Waals surface area contributed by atoms with Crippen molar-refractivity contribution in [2.75, 3.05) is 50.6 Å². The van der Waals surface area contributed by atoms with Crippen molar-refractivity contribution in [3.8, 4) is 17.6 Å². The highest BCUT2D eigenvalue weighted by Gasteiger charge is 2.20. The van der Waals surface area contributed by atoms with E-state index in [1.54, 1.807) is 31.5 Å². The molecule has 0 unspecified atom stereocenters. The minimum Gasteiger partial charge on any atom is -0.495 e. The van der Waals surface area contributed by atoms with E-state index in [1.165, 1.54) is 7.11 Å². The van der Waals surface area contributed by atoms with E-state index in [1.807, 2.05) is 35.2 Å². The maximum atomic E-state index is 12.5. The van der Waals surface area contributed by atoms with Crippen molar-refractivity contribution >= 4 is 28.9 Å². The summed E-state index contributed by atoms with van der Waals surface area (Å²) in [6.07, 6.45) is 1.61. The highest BCUT2D eigenvalue weighted by Crippen LogP contribution is 2.29. The van der Waals surface area contributed by atoms with Crippen molar-refractivity contribution in [1.29, 1.82) is 5.26 Å². The van der Waals surface area contributed by atoms with E-state index in [2.05, 4.69) is 10.2 Å². The Kier molecular flexibility index (Phi) is 7.04. The van der Waals surface area contributed by atoms with E-state index in [0.29, 0.717) is 29.5 Å². The van der Waals surface area contributed by atoms with Gasteiger partial charge in [-0.3, -0.25) is 4.79 Å². The number of ether oxygens (including phenoxy) is 2. The van der Waals surface area contributed by atoms with E-state index >= 15 is 0 Å². The first-order valence-electron chi connectivity index (χ1n) is 9.44. The Morgan fingerprint density at radius 1 is 1.10 bits per heavy atom. The second-order valence-corrected chi connectivity index (χ2v) is 7.06. The zero-order valence-corrected chi connectivity index (χ0v) is 17.6. The third-order valence-electron chi connectivity index (χ3n) is 4.83. The van der Waals surface area contributed by atoms with Gasteiger partial charge in [0.05, 0.1) is 24.9 Å². The minimum absolute atomic E-state index is 0.0349. The number of amides is 1. The van der Waals surface area contributed by atoms with Gasteiger partial charge in [0, 0.05) is 38.1 Å². The van der Waals surface area contributed by atoms with Crippen LogP contribution in [0.1, 0.15) is 0 Å². The summed E-state index contributed by atoms with van der Waals surface area (Å²) in [6.45, 7) is 2.88. The van der Waals surface area contributed by atoms with Gasteiger partial charge in [-0.25, -0.2) is 0 Å². The van der Waals surface area contributed by atoms with Crippen LogP contribution in [0.5, 0.6) is 11.5 Å². The van der Waals surface area contributed by atoms with Gasteiger partial charge in [-0.2, -0.15) is 5.26 Å². The molecule has 1 saturated heterocycles. The van der Waals surface area contributed by atoms with Gasteiger partial charge < -0.3 is 24.6 Å². The molecule has 2 aromatic rings. The van der Waals surface area contributed by atoms with Crippen molar-refractivity contribution in [3.63, 3.8) is 0 Å². The number of nitrogens with zero attached hydrogens (tertiary/aromatic N) is 3. The maximum absolute atomic E-state index is 12.5. The van der Waals surface area contributed by atoms with Crippen LogP contribution in [-0.4, -0.2) is 51.2 Å². The van der Waals surface area contributed by atoms with Crippen molar-refractivity contribution in [1.82, 2.24) is 4.90 Å². The highest BCUT2D eigenvalue weighted by atomic mass is 35.5. The standard InChI is InChI=1S/C22H23ClN4O3/c1-29-20-8-7-17(13-18(20)23)25-22(28)16(14-24)15-26-9-11-27(12-10-26)19-5-3-4-6-21(19)30-2/h3-8,13,15H,9-12H2,1-2H3,(H,25,28)/b16-15-. The fourth-order valence-corrected chi connectivity index (χ4v) is 3.50. The van der Waals surface area contributed by atoms with Crippen LogP contribution >= 0.6 is 11.6 Å². The van der Waals surface area contributed by atoms with E-state index < -0.39 is 5.91 Å². The van der Waals surface area contributed by atoms with Crippen LogP contribution in [0.2, 0.25) is 5.02 Å². The van der Waals surface area contributed by atoms with Crippen LogP contribution in [0.25, 0.3) is 0 Å². The summed E-state index contributed by atoms with van der Waals surface area (Å²) in [4.78, 5) is 16.7. The largest absolute Gasteiger partial charge is 0.495 e. The number of hydrogen-bond donors (Lipinski definition) is 1. The van der Waals surface area contributed by atoms with Crippen molar-refractivity contribution in [3.05, 3.63) is 59.3 Å². The zero-order chi connectivity index (χ0) is 21.5. The monoisotopic (exact) mass is 426 g/mol. The molecule has 0 saturated carbocycles. The molecule has 1 N–H and O–H groups in total. The number of piperazine rings is 1. The van der Waals surface area contributed by atoms with Crippen LogP contribution in [0, 0.1) is 11.3 Å². The van der Waals surface area contributed by atoms with Gasteiger partial charge in [0.1, 0.15) is 23.1 Å². The average Bonchev–Trinajstić information content (AvgIpc) is 2.78. The number of nitriles is 1. The molecule has 1 heterocycles. The number of halogens is 1. The molecule has 3 rings (SSSR count). The molecule has 0 radical (unpaired) electrons. The van der Waals surface area contributed by atoms with Crippen molar-refractivity contribution in [2.24, 2.45) is 0 Å². The van der Waals surface area contributed by atoms with Crippen LogP contribution in [-0.2, 0) is 4.79 Å². The lowest BCUT2D eigenvalue weighted by atomic mass is 10.2. The molecule has 1 aliphatic heterocycles. The Labute approximate surface area is 181 Å². The molecule has 2 aromatic carbocycles. The lowest BCUT2D eigenvalue weighted by Gasteiger charge is -2.36. The molecule has 0 aliphatic carbocycles. The zero-order valence-electron chi connectivity index (χ0n) is 16.9. The second kappa shape index (κ2) is 9.90. The minimum atomic E-state index is -0.481. The van der Waals surface area contributed by atoms with E-state index in [0.717, 1.165) is 24.5 Å². The van der Waals surface area contributed by atoms with Crippen LogP contribution < -0.4 is 19.7 Å². The summed E-state index contributed by atoms with van der Waals surface area (Å²) in [7, 11) is 3.18. The van der Waals surface area contributed by atoms with Gasteiger partial charge in [0.2, 0.25) is 0 Å². The van der Waals surface area contributed by atoms with Crippen LogP contribution in [0.4, 0.5) is 11.4 Å². The van der Waals surface area contributed by atoms with Gasteiger partial charge in [0.15, 0.2) is 0 Å². The molecule has 0 bridgehead atoms. The van der Waals surface area contributed by atoms with Gasteiger partial charge in [0.25, 0.3) is 5.91 Å². The van der Waals surface area contributed by atoms with Crippen LogP contribution in [0.3, 0.4) is 0 Å². The number of methoxy groups -OCH3 is 2. The normalized spacial score (nSPS) is 14.1. The fourth-order valence-electron chi connectivity index (χ4n) is 3.25. The number of rotatable bonds is 6. The molecular weight excluding hydrogens is 404 g/mol. The molecule has 0 aromatic heterocycles. The van der Waals surface area contributed by atoms with E-state index in [-0.39, 0.29) is 5.57 Å². The van der Waals surface area contributed by atoms with Crippen molar-refractivity contribution < 1.29 is 14.3 Å². The Hall–Kier alpha value is -3.37. The molecule has 1 amide bonds. The summed E-state index contributed by atoms with van der Waals surface area (Å²) in [5.41, 5.74) is 1.57. The molecular formula is C22H23ClN4O3. The third kappa shape index (κ3) is 4.97. The van der Waals surface area contributed by atoms with Gasteiger partial charge in [-0.05, 0) is 30.3 Å². The molecule has 1 fully saturated rings. The number of nitrogens with one attached hydrogen (secondary N) is 1. The summed E-state index contributed by atoms with van der Waals surface area (Å²) in [5, 5.41) is 12.5. The lowest BCUT2D eigenvalue weighted by Crippen LogP contribution is -2.44. The fraction of sp³-hybridized carbons (Fsp3) is 0.273. The Morgan fingerprint density at radius 2 is 1.80 bits per heavy atom.